The molecule has 0 radical (unpaired) electrons. The lowest BCUT2D eigenvalue weighted by Crippen LogP contribution is -2.32. The van der Waals surface area contributed by atoms with Gasteiger partial charge in [0.2, 0.25) is 5.13 Å². The highest BCUT2D eigenvalue weighted by Crippen LogP contribution is 2.31. The van der Waals surface area contributed by atoms with Gasteiger partial charge in [-0.05, 0) is 18.2 Å². The van der Waals surface area contributed by atoms with Crippen LogP contribution < -0.4 is 5.06 Å². The van der Waals surface area contributed by atoms with E-state index < -0.39 is 0 Å². The van der Waals surface area contributed by atoms with Crippen LogP contribution in [0.15, 0.2) is 16.7 Å². The maximum absolute atomic E-state index is 5.42. The third-order valence-electron chi connectivity index (χ3n) is 2.16. The monoisotopic (exact) mass is 243 g/mol. The lowest BCUT2D eigenvalue weighted by Gasteiger charge is -2.23. The molecular weight excluding hydrogens is 230 g/mol. The van der Waals surface area contributed by atoms with Gasteiger partial charge < -0.3 is 4.84 Å². The second-order valence-corrected chi connectivity index (χ2v) is 5.56. The fourth-order valence-corrected chi connectivity index (χ4v) is 2.62. The standard InChI is InChI=1S/C9H13N3OS2/c1-6(2)7-4-5-13-12(7)8-10-11-9(14-3)15-8/h4-7H,1-3H3. The molecule has 0 saturated heterocycles. The normalized spacial score (nSPS) is 20.0. The summed E-state index contributed by atoms with van der Waals surface area (Å²) in [6.07, 6.45) is 5.75. The Morgan fingerprint density at radius 2 is 2.33 bits per heavy atom. The van der Waals surface area contributed by atoms with Crippen LogP contribution in [0.25, 0.3) is 0 Å². The number of hydrogen-bond donors (Lipinski definition) is 0. The van der Waals surface area contributed by atoms with Crippen LogP contribution in [0.3, 0.4) is 0 Å². The van der Waals surface area contributed by atoms with Gasteiger partial charge in [0.05, 0.1) is 6.04 Å². The number of nitrogens with zero attached hydrogens (tertiary/aromatic N) is 3. The number of hydrogen-bond acceptors (Lipinski definition) is 6. The van der Waals surface area contributed by atoms with E-state index in [2.05, 4.69) is 24.0 Å². The maximum atomic E-state index is 5.42. The van der Waals surface area contributed by atoms with E-state index >= 15 is 0 Å². The van der Waals surface area contributed by atoms with Gasteiger partial charge in [0, 0.05) is 0 Å². The molecule has 0 saturated carbocycles. The Kier molecular flexibility index (Phi) is 3.16. The fraction of sp³-hybridized carbons (Fsp3) is 0.556. The number of thioether (sulfide) groups is 1. The summed E-state index contributed by atoms with van der Waals surface area (Å²) in [5.41, 5.74) is 0. The minimum absolute atomic E-state index is 0.257. The zero-order valence-electron chi connectivity index (χ0n) is 8.88. The molecule has 0 amide bonds. The highest BCUT2D eigenvalue weighted by molar-refractivity contribution is 8.00. The highest BCUT2D eigenvalue weighted by Gasteiger charge is 2.28. The van der Waals surface area contributed by atoms with Crippen molar-refractivity contribution in [2.75, 3.05) is 11.3 Å². The lowest BCUT2D eigenvalue weighted by molar-refractivity contribution is 0.208. The summed E-state index contributed by atoms with van der Waals surface area (Å²) in [6.45, 7) is 4.32. The van der Waals surface area contributed by atoms with Gasteiger partial charge in [-0.3, -0.25) is 0 Å². The van der Waals surface area contributed by atoms with Crippen molar-refractivity contribution >= 4 is 28.2 Å². The van der Waals surface area contributed by atoms with Crippen LogP contribution in [0.4, 0.5) is 5.13 Å². The summed E-state index contributed by atoms with van der Waals surface area (Å²) in [7, 11) is 0. The average molecular weight is 243 g/mol. The Morgan fingerprint density at radius 1 is 1.53 bits per heavy atom. The van der Waals surface area contributed by atoms with Gasteiger partial charge in [0.25, 0.3) is 0 Å². The van der Waals surface area contributed by atoms with Gasteiger partial charge in [-0.1, -0.05) is 36.9 Å². The molecule has 0 aromatic carbocycles. The van der Waals surface area contributed by atoms with Crippen molar-refractivity contribution in [1.82, 2.24) is 10.2 Å². The maximum Gasteiger partial charge on any atom is 0.242 e. The van der Waals surface area contributed by atoms with Crippen molar-refractivity contribution in [3.63, 3.8) is 0 Å². The second-order valence-electron chi connectivity index (χ2n) is 3.55. The summed E-state index contributed by atoms with van der Waals surface area (Å²) < 4.78 is 0.961. The molecule has 2 rings (SSSR count). The molecule has 2 heterocycles. The quantitative estimate of drug-likeness (QED) is 0.763. The van der Waals surface area contributed by atoms with Crippen molar-refractivity contribution in [2.24, 2.45) is 5.92 Å². The smallest absolute Gasteiger partial charge is 0.242 e. The zero-order chi connectivity index (χ0) is 10.8. The molecule has 0 spiro atoms. The minimum atomic E-state index is 0.257. The number of rotatable bonds is 3. The average Bonchev–Trinajstić information content (AvgIpc) is 2.85. The van der Waals surface area contributed by atoms with Crippen molar-refractivity contribution in [3.05, 3.63) is 12.3 Å². The van der Waals surface area contributed by atoms with E-state index in [9.17, 15) is 0 Å². The largest absolute Gasteiger partial charge is 0.385 e. The third kappa shape index (κ3) is 2.10. The van der Waals surface area contributed by atoms with Crippen LogP contribution >= 0.6 is 23.1 Å². The van der Waals surface area contributed by atoms with E-state index in [1.54, 1.807) is 29.4 Å². The molecule has 82 valence electrons. The fourth-order valence-electron chi connectivity index (χ4n) is 1.37. The predicted octanol–water partition coefficient (Wildman–Crippen LogP) is 2.55. The summed E-state index contributed by atoms with van der Waals surface area (Å²) >= 11 is 3.15. The van der Waals surface area contributed by atoms with Gasteiger partial charge in [-0.2, -0.15) is 5.06 Å². The highest BCUT2D eigenvalue weighted by atomic mass is 32.2. The van der Waals surface area contributed by atoms with E-state index in [-0.39, 0.29) is 6.04 Å². The Labute approximate surface area is 97.3 Å². The predicted molar refractivity (Wildman–Crippen MR) is 63.0 cm³/mol. The summed E-state index contributed by atoms with van der Waals surface area (Å²) in [6, 6.07) is 0.257. The first kappa shape index (κ1) is 10.8. The Hall–Kier alpha value is -0.750. The van der Waals surface area contributed by atoms with E-state index in [4.69, 9.17) is 4.84 Å². The van der Waals surface area contributed by atoms with Gasteiger partial charge >= 0.3 is 0 Å². The first-order chi connectivity index (χ1) is 7.22. The molecule has 15 heavy (non-hydrogen) atoms. The van der Waals surface area contributed by atoms with Crippen LogP contribution in [0.1, 0.15) is 13.8 Å². The van der Waals surface area contributed by atoms with E-state index in [0.717, 1.165) is 9.47 Å². The van der Waals surface area contributed by atoms with Crippen LogP contribution in [0.5, 0.6) is 0 Å². The first-order valence-corrected chi connectivity index (χ1v) is 6.76. The van der Waals surface area contributed by atoms with Gasteiger partial charge in [0.1, 0.15) is 6.26 Å². The van der Waals surface area contributed by atoms with Crippen molar-refractivity contribution in [1.29, 1.82) is 0 Å². The molecule has 1 atom stereocenters. The molecule has 0 fully saturated rings. The van der Waals surface area contributed by atoms with E-state index in [1.807, 2.05) is 17.4 Å². The molecule has 6 heteroatoms. The van der Waals surface area contributed by atoms with Gasteiger partial charge in [-0.25, -0.2) is 0 Å². The van der Waals surface area contributed by atoms with Gasteiger partial charge in [0.15, 0.2) is 4.34 Å². The molecule has 1 aromatic heterocycles. The zero-order valence-corrected chi connectivity index (χ0v) is 10.5. The topological polar surface area (TPSA) is 38.2 Å². The minimum Gasteiger partial charge on any atom is -0.385 e. The molecule has 0 N–H and O–H groups in total. The molecule has 4 nitrogen and oxygen atoms in total. The number of hydroxylamine groups is 1. The summed E-state index contributed by atoms with van der Waals surface area (Å²) in [4.78, 5) is 5.42. The lowest BCUT2D eigenvalue weighted by atomic mass is 10.1. The second kappa shape index (κ2) is 4.40. The Bertz CT molecular complexity index is 364. The van der Waals surface area contributed by atoms with Gasteiger partial charge in [-0.15, -0.1) is 10.2 Å². The molecular formula is C9H13N3OS2. The van der Waals surface area contributed by atoms with Crippen LogP contribution in [0, 0.1) is 5.92 Å². The van der Waals surface area contributed by atoms with E-state index in [1.165, 1.54) is 0 Å². The van der Waals surface area contributed by atoms with Crippen LogP contribution in [0.2, 0.25) is 0 Å². The van der Waals surface area contributed by atoms with Crippen molar-refractivity contribution in [2.45, 2.75) is 24.2 Å². The van der Waals surface area contributed by atoms with Crippen molar-refractivity contribution < 1.29 is 4.84 Å². The first-order valence-electron chi connectivity index (χ1n) is 4.72. The molecule has 1 aromatic rings. The molecule has 1 aliphatic rings. The molecule has 1 aliphatic heterocycles. The summed E-state index contributed by atoms with van der Waals surface area (Å²) in [5.74, 6) is 0.491. The third-order valence-corrected chi connectivity index (χ3v) is 4.04. The van der Waals surface area contributed by atoms with Crippen LogP contribution in [-0.4, -0.2) is 22.5 Å². The SMILES string of the molecule is CSc1nnc(N2OC=CC2C(C)C)s1. The number of aromatic nitrogens is 2. The van der Waals surface area contributed by atoms with Crippen LogP contribution in [-0.2, 0) is 4.84 Å². The molecule has 1 unspecified atom stereocenters. The Balaban J connectivity index is 2.17. The molecule has 0 aliphatic carbocycles. The Morgan fingerprint density at radius 3 is 2.93 bits per heavy atom. The van der Waals surface area contributed by atoms with E-state index in [0.29, 0.717) is 5.92 Å². The molecule has 0 bridgehead atoms. The van der Waals surface area contributed by atoms with Crippen molar-refractivity contribution in [3.8, 4) is 0 Å². The number of anilines is 1. The summed E-state index contributed by atoms with van der Waals surface area (Å²) in [5, 5.41) is 10.8.